The van der Waals surface area contributed by atoms with Gasteiger partial charge < -0.3 is 23.8 Å². The highest BCUT2D eigenvalue weighted by Gasteiger charge is 2.31. The maximum atomic E-state index is 12.6. The van der Waals surface area contributed by atoms with Crippen molar-refractivity contribution in [2.45, 2.75) is 180 Å². The van der Waals surface area contributed by atoms with Crippen LogP contribution in [0.4, 0.5) is 0 Å². The molecule has 1 N–H and O–H groups in total. The Bertz CT molecular complexity index is 793. The molecule has 2 unspecified atom stereocenters. The Morgan fingerprint density at radius 3 is 1.55 bits per heavy atom. The van der Waals surface area contributed by atoms with Crippen molar-refractivity contribution in [2.24, 2.45) is 0 Å². The summed E-state index contributed by atoms with van der Waals surface area (Å²) < 4.78 is 17.2. The van der Waals surface area contributed by atoms with E-state index in [1.807, 2.05) is 21.1 Å². The predicted octanol–water partition coefficient (Wildman–Crippen LogP) is 9.58. The van der Waals surface area contributed by atoms with Crippen molar-refractivity contribution in [3.05, 3.63) is 12.2 Å². The minimum Gasteiger partial charge on any atom is -0.477 e. The van der Waals surface area contributed by atoms with Gasteiger partial charge in [0.05, 0.1) is 34.4 Å². The minimum atomic E-state index is -0.877. The SMILES string of the molecule is CCCCCCCCC/C=C/CCCCCC(=O)OC(COCCC(C(=O)O)[N+](C)(C)C)COC(=O)CCCCCCCCCCC. The lowest BCUT2D eigenvalue weighted by atomic mass is 10.1. The summed E-state index contributed by atoms with van der Waals surface area (Å²) in [6.45, 7) is 4.69. The van der Waals surface area contributed by atoms with E-state index in [1.165, 1.54) is 83.5 Å². The molecule has 0 bridgehead atoms. The lowest BCUT2D eigenvalue weighted by molar-refractivity contribution is -0.887. The fraction of sp³-hybridized carbons (Fsp3) is 0.872. The van der Waals surface area contributed by atoms with Gasteiger partial charge in [0.1, 0.15) is 6.61 Å². The molecule has 0 aliphatic heterocycles. The van der Waals surface area contributed by atoms with Gasteiger partial charge >= 0.3 is 17.9 Å². The molecule has 0 heterocycles. The fourth-order valence-corrected chi connectivity index (χ4v) is 5.61. The molecule has 0 aliphatic rings. The molecule has 0 spiro atoms. The zero-order valence-corrected chi connectivity index (χ0v) is 31.2. The summed E-state index contributed by atoms with van der Waals surface area (Å²) >= 11 is 0. The first-order valence-electron chi connectivity index (χ1n) is 19.2. The number of likely N-dealkylation sites (N-methyl/N-ethyl adjacent to an activating group) is 1. The van der Waals surface area contributed by atoms with Crippen molar-refractivity contribution in [1.82, 2.24) is 0 Å². The number of carboxylic acids is 1. The zero-order valence-electron chi connectivity index (χ0n) is 31.2. The summed E-state index contributed by atoms with van der Waals surface area (Å²) in [4.78, 5) is 36.7. The van der Waals surface area contributed by atoms with E-state index in [2.05, 4.69) is 26.0 Å². The molecular weight excluding hydrogens is 594 g/mol. The van der Waals surface area contributed by atoms with Crippen LogP contribution >= 0.6 is 0 Å². The van der Waals surface area contributed by atoms with Gasteiger partial charge in [-0.1, -0.05) is 122 Å². The molecule has 0 aromatic rings. The Kier molecular flexibility index (Phi) is 30.1. The molecule has 0 saturated heterocycles. The van der Waals surface area contributed by atoms with Crippen LogP contribution in [0.1, 0.15) is 168 Å². The molecule has 8 heteroatoms. The molecular formula is C39H74NO7+. The van der Waals surface area contributed by atoms with Crippen molar-refractivity contribution in [3.8, 4) is 0 Å². The number of rotatable bonds is 34. The number of unbranched alkanes of at least 4 members (excludes halogenated alkanes) is 18. The van der Waals surface area contributed by atoms with Crippen LogP contribution in [0, 0.1) is 0 Å². The van der Waals surface area contributed by atoms with E-state index in [4.69, 9.17) is 14.2 Å². The molecule has 0 aromatic carbocycles. The number of quaternary nitrogens is 1. The third-order valence-electron chi connectivity index (χ3n) is 8.66. The molecule has 0 amide bonds. The third-order valence-corrected chi connectivity index (χ3v) is 8.66. The van der Waals surface area contributed by atoms with Crippen LogP contribution in [-0.2, 0) is 28.6 Å². The molecule has 0 aromatic heterocycles. The Labute approximate surface area is 289 Å². The van der Waals surface area contributed by atoms with Gasteiger partial charge in [0, 0.05) is 19.3 Å². The number of nitrogens with zero attached hydrogens (tertiary/aromatic N) is 1. The summed E-state index contributed by atoms with van der Waals surface area (Å²) in [5, 5.41) is 9.57. The fourth-order valence-electron chi connectivity index (χ4n) is 5.61. The van der Waals surface area contributed by atoms with Crippen LogP contribution in [-0.4, -0.2) is 80.6 Å². The number of aliphatic carboxylic acids is 1. The summed E-state index contributed by atoms with van der Waals surface area (Å²) in [5.41, 5.74) is 0. The summed E-state index contributed by atoms with van der Waals surface area (Å²) in [7, 11) is 5.51. The second-order valence-electron chi connectivity index (χ2n) is 14.2. The molecule has 8 nitrogen and oxygen atoms in total. The first-order valence-corrected chi connectivity index (χ1v) is 19.2. The largest absolute Gasteiger partial charge is 0.477 e. The lowest BCUT2D eigenvalue weighted by Gasteiger charge is -2.31. The van der Waals surface area contributed by atoms with E-state index in [0.29, 0.717) is 19.3 Å². The van der Waals surface area contributed by atoms with Crippen molar-refractivity contribution in [1.29, 1.82) is 0 Å². The molecule has 0 saturated carbocycles. The number of allylic oxidation sites excluding steroid dienone is 2. The topological polar surface area (TPSA) is 99.1 Å². The Balaban J connectivity index is 4.43. The highest BCUT2D eigenvalue weighted by atomic mass is 16.6. The van der Waals surface area contributed by atoms with Crippen LogP contribution in [0.3, 0.4) is 0 Å². The van der Waals surface area contributed by atoms with E-state index in [9.17, 15) is 19.5 Å². The van der Waals surface area contributed by atoms with E-state index in [0.717, 1.165) is 51.4 Å². The van der Waals surface area contributed by atoms with E-state index in [1.54, 1.807) is 0 Å². The van der Waals surface area contributed by atoms with Gasteiger partial charge in [-0.15, -0.1) is 0 Å². The quantitative estimate of drug-likeness (QED) is 0.0315. The summed E-state index contributed by atoms with van der Waals surface area (Å²) in [5.74, 6) is -1.49. The van der Waals surface area contributed by atoms with E-state index >= 15 is 0 Å². The monoisotopic (exact) mass is 669 g/mol. The van der Waals surface area contributed by atoms with Crippen molar-refractivity contribution in [2.75, 3.05) is 41.0 Å². The molecule has 276 valence electrons. The third kappa shape index (κ3) is 29.9. The molecule has 47 heavy (non-hydrogen) atoms. The van der Waals surface area contributed by atoms with Crippen molar-refractivity contribution < 1.29 is 38.2 Å². The number of esters is 2. The molecule has 2 atom stereocenters. The standard InChI is InChI=1S/C39H73NO7/c1-6-8-10-12-14-16-17-18-19-20-22-24-26-28-30-38(42)47-35(33-45-32-31-36(39(43)44)40(3,4)5)34-46-37(41)29-27-25-23-21-15-13-11-9-7-2/h19-20,35-36H,6-18,21-34H2,1-5H3/p+1/b20-19+. The van der Waals surface area contributed by atoms with Crippen molar-refractivity contribution >= 4 is 17.9 Å². The number of ether oxygens (including phenoxy) is 3. The van der Waals surface area contributed by atoms with Crippen LogP contribution in [0.25, 0.3) is 0 Å². The number of carbonyl (C=O) groups is 3. The number of carbonyl (C=O) groups excluding carboxylic acids is 2. The van der Waals surface area contributed by atoms with Gasteiger partial charge in [-0.3, -0.25) is 9.59 Å². The van der Waals surface area contributed by atoms with Crippen LogP contribution < -0.4 is 0 Å². The maximum absolute atomic E-state index is 12.6. The van der Waals surface area contributed by atoms with Crippen LogP contribution in [0.5, 0.6) is 0 Å². The molecule has 0 fully saturated rings. The van der Waals surface area contributed by atoms with E-state index in [-0.39, 0.29) is 36.2 Å². The normalized spacial score (nSPS) is 13.1. The first kappa shape index (κ1) is 45.1. The molecule has 0 radical (unpaired) electrons. The number of carboxylic acid groups (broad SMARTS) is 1. The van der Waals surface area contributed by atoms with Gasteiger partial charge in [-0.25, -0.2) is 4.79 Å². The van der Waals surface area contributed by atoms with Crippen LogP contribution in [0.2, 0.25) is 0 Å². The second-order valence-corrected chi connectivity index (χ2v) is 14.2. The average molecular weight is 669 g/mol. The second kappa shape index (κ2) is 31.3. The number of hydrogen-bond donors (Lipinski definition) is 1. The maximum Gasteiger partial charge on any atom is 0.362 e. The predicted molar refractivity (Wildman–Crippen MR) is 192 cm³/mol. The molecule has 0 aliphatic carbocycles. The number of hydrogen-bond acceptors (Lipinski definition) is 6. The lowest BCUT2D eigenvalue weighted by Crippen LogP contribution is -2.50. The minimum absolute atomic E-state index is 0.0524. The smallest absolute Gasteiger partial charge is 0.362 e. The van der Waals surface area contributed by atoms with Crippen LogP contribution in [0.15, 0.2) is 12.2 Å². The van der Waals surface area contributed by atoms with Crippen molar-refractivity contribution in [3.63, 3.8) is 0 Å². The zero-order chi connectivity index (χ0) is 35.0. The Hall–Kier alpha value is -1.93. The average Bonchev–Trinajstić information content (AvgIpc) is 3.01. The highest BCUT2D eigenvalue weighted by Crippen LogP contribution is 2.13. The Morgan fingerprint density at radius 1 is 0.617 bits per heavy atom. The van der Waals surface area contributed by atoms with Gasteiger partial charge in [0.15, 0.2) is 12.1 Å². The summed E-state index contributed by atoms with van der Waals surface area (Å²) in [6, 6.07) is -0.611. The first-order chi connectivity index (χ1) is 22.6. The van der Waals surface area contributed by atoms with E-state index < -0.39 is 18.1 Å². The highest BCUT2D eigenvalue weighted by molar-refractivity contribution is 5.72. The van der Waals surface area contributed by atoms with Gasteiger partial charge in [0.2, 0.25) is 0 Å². The van der Waals surface area contributed by atoms with Gasteiger partial charge in [-0.2, -0.15) is 0 Å². The summed E-state index contributed by atoms with van der Waals surface area (Å²) in [6.07, 6.45) is 29.7. The van der Waals surface area contributed by atoms with Gasteiger partial charge in [-0.05, 0) is 38.5 Å². The Morgan fingerprint density at radius 2 is 1.06 bits per heavy atom. The molecule has 0 rings (SSSR count). The van der Waals surface area contributed by atoms with Gasteiger partial charge in [0.25, 0.3) is 0 Å².